The van der Waals surface area contributed by atoms with Crippen LogP contribution in [0.2, 0.25) is 0 Å². The third kappa shape index (κ3) is 2.80. The van der Waals surface area contributed by atoms with Gasteiger partial charge in [-0.25, -0.2) is 4.79 Å². The molecule has 0 aliphatic carbocycles. The normalized spacial score (nSPS) is 15.9. The third-order valence-electron chi connectivity index (χ3n) is 2.47. The van der Waals surface area contributed by atoms with Crippen LogP contribution in [0.15, 0.2) is 30.3 Å². The summed E-state index contributed by atoms with van der Waals surface area (Å²) < 4.78 is 0. The van der Waals surface area contributed by atoms with Gasteiger partial charge in [0.15, 0.2) is 5.60 Å². The lowest BCUT2D eigenvalue weighted by atomic mass is 9.87. The number of aliphatic hydroxyl groups is 1. The van der Waals surface area contributed by atoms with Crippen LogP contribution in [0.25, 0.3) is 0 Å². The standard InChI is InChI=1S/C11H13NO5/c12-8(9(13)14)11(17,10(15)16)6-7-4-2-1-3-5-7/h1-5,8,17H,6,12H2,(H,13,14)(H,15,16)/t8-,11?/m1/s1. The van der Waals surface area contributed by atoms with Gasteiger partial charge in [0.2, 0.25) is 0 Å². The van der Waals surface area contributed by atoms with Crippen molar-refractivity contribution in [3.8, 4) is 0 Å². The minimum Gasteiger partial charge on any atom is -0.480 e. The molecule has 1 unspecified atom stereocenters. The zero-order valence-corrected chi connectivity index (χ0v) is 8.91. The minimum absolute atomic E-state index is 0.364. The fourth-order valence-corrected chi connectivity index (χ4v) is 1.43. The predicted octanol–water partition coefficient (Wildman–Crippen LogP) is -0.543. The largest absolute Gasteiger partial charge is 0.480 e. The first-order valence-electron chi connectivity index (χ1n) is 4.86. The first-order valence-corrected chi connectivity index (χ1v) is 4.86. The molecule has 17 heavy (non-hydrogen) atoms. The average molecular weight is 239 g/mol. The highest BCUT2D eigenvalue weighted by Crippen LogP contribution is 2.17. The molecular formula is C11H13NO5. The highest BCUT2D eigenvalue weighted by atomic mass is 16.4. The van der Waals surface area contributed by atoms with Crippen LogP contribution >= 0.6 is 0 Å². The van der Waals surface area contributed by atoms with Crippen molar-refractivity contribution in [3.63, 3.8) is 0 Å². The van der Waals surface area contributed by atoms with Crippen molar-refractivity contribution >= 4 is 11.9 Å². The average Bonchev–Trinajstić information content (AvgIpc) is 2.28. The predicted molar refractivity (Wildman–Crippen MR) is 58.3 cm³/mol. The van der Waals surface area contributed by atoms with Crippen molar-refractivity contribution in [1.82, 2.24) is 0 Å². The summed E-state index contributed by atoms with van der Waals surface area (Å²) in [6.07, 6.45) is -0.364. The number of carbonyl (C=O) groups is 2. The van der Waals surface area contributed by atoms with Gasteiger partial charge in [-0.15, -0.1) is 0 Å². The highest BCUT2D eigenvalue weighted by molar-refractivity contribution is 5.88. The number of hydrogen-bond acceptors (Lipinski definition) is 4. The third-order valence-corrected chi connectivity index (χ3v) is 2.47. The van der Waals surface area contributed by atoms with Crippen LogP contribution in [0.1, 0.15) is 5.56 Å². The number of hydrogen-bond donors (Lipinski definition) is 4. The number of rotatable bonds is 5. The van der Waals surface area contributed by atoms with Crippen LogP contribution in [-0.4, -0.2) is 38.9 Å². The maximum atomic E-state index is 11.0. The van der Waals surface area contributed by atoms with Gasteiger partial charge < -0.3 is 21.1 Å². The Kier molecular flexibility index (Phi) is 3.82. The quantitative estimate of drug-likeness (QED) is 0.547. The van der Waals surface area contributed by atoms with E-state index in [2.05, 4.69) is 0 Å². The molecule has 0 amide bonds. The zero-order chi connectivity index (χ0) is 13.1. The van der Waals surface area contributed by atoms with E-state index in [4.69, 9.17) is 15.9 Å². The van der Waals surface area contributed by atoms with E-state index in [0.717, 1.165) is 0 Å². The number of benzene rings is 1. The van der Waals surface area contributed by atoms with E-state index in [-0.39, 0.29) is 6.42 Å². The lowest BCUT2D eigenvalue weighted by Gasteiger charge is -2.26. The molecule has 0 saturated heterocycles. The smallest absolute Gasteiger partial charge is 0.338 e. The SMILES string of the molecule is N[C@H](C(=O)O)C(O)(Cc1ccccc1)C(=O)O. The monoisotopic (exact) mass is 239 g/mol. The van der Waals surface area contributed by atoms with Crippen LogP contribution < -0.4 is 5.73 Å². The molecule has 0 spiro atoms. The van der Waals surface area contributed by atoms with E-state index in [0.29, 0.717) is 5.56 Å². The molecule has 0 fully saturated rings. The molecule has 0 heterocycles. The Hall–Kier alpha value is -1.92. The second kappa shape index (κ2) is 4.94. The number of aliphatic carboxylic acids is 2. The maximum Gasteiger partial charge on any atom is 0.338 e. The maximum absolute atomic E-state index is 11.0. The molecule has 0 bridgehead atoms. The van der Waals surface area contributed by atoms with E-state index in [1.54, 1.807) is 30.3 Å². The fraction of sp³-hybridized carbons (Fsp3) is 0.273. The summed E-state index contributed by atoms with van der Waals surface area (Å²) in [7, 11) is 0. The van der Waals surface area contributed by atoms with Gasteiger partial charge in [0.25, 0.3) is 0 Å². The molecule has 0 saturated carbocycles. The number of nitrogens with two attached hydrogens (primary N) is 1. The van der Waals surface area contributed by atoms with Crippen molar-refractivity contribution in [3.05, 3.63) is 35.9 Å². The van der Waals surface area contributed by atoms with E-state index < -0.39 is 23.6 Å². The van der Waals surface area contributed by atoms with E-state index >= 15 is 0 Å². The second-order valence-corrected chi connectivity index (χ2v) is 3.71. The summed E-state index contributed by atoms with van der Waals surface area (Å²) in [5, 5.41) is 27.5. The molecule has 6 nitrogen and oxygen atoms in total. The van der Waals surface area contributed by atoms with Gasteiger partial charge in [-0.3, -0.25) is 4.79 Å². The van der Waals surface area contributed by atoms with E-state index in [9.17, 15) is 14.7 Å². The molecule has 5 N–H and O–H groups in total. The Morgan fingerprint density at radius 3 is 2.18 bits per heavy atom. The van der Waals surface area contributed by atoms with Crippen LogP contribution in [0.4, 0.5) is 0 Å². The van der Waals surface area contributed by atoms with Crippen molar-refractivity contribution < 1.29 is 24.9 Å². The Morgan fingerprint density at radius 1 is 1.24 bits per heavy atom. The second-order valence-electron chi connectivity index (χ2n) is 3.71. The van der Waals surface area contributed by atoms with Gasteiger partial charge >= 0.3 is 11.9 Å². The summed E-state index contributed by atoms with van der Waals surface area (Å²) in [4.78, 5) is 21.7. The first kappa shape index (κ1) is 13.1. The van der Waals surface area contributed by atoms with Crippen LogP contribution in [-0.2, 0) is 16.0 Å². The lowest BCUT2D eigenvalue weighted by Crippen LogP contribution is -2.59. The molecular weight excluding hydrogens is 226 g/mol. The Labute approximate surface area is 97.3 Å². The number of carboxylic acid groups (broad SMARTS) is 2. The molecule has 0 radical (unpaired) electrons. The van der Waals surface area contributed by atoms with Crippen LogP contribution in [0, 0.1) is 0 Å². The van der Waals surface area contributed by atoms with Gasteiger partial charge in [0.1, 0.15) is 6.04 Å². The van der Waals surface area contributed by atoms with Gasteiger partial charge in [0.05, 0.1) is 0 Å². The summed E-state index contributed by atoms with van der Waals surface area (Å²) in [5.41, 5.74) is 3.19. The molecule has 0 aromatic heterocycles. The van der Waals surface area contributed by atoms with Crippen molar-refractivity contribution in [2.75, 3.05) is 0 Å². The van der Waals surface area contributed by atoms with Gasteiger partial charge in [-0.2, -0.15) is 0 Å². The molecule has 6 heteroatoms. The molecule has 0 aliphatic rings. The summed E-state index contributed by atoms with van der Waals surface area (Å²) in [6, 6.07) is 6.32. The molecule has 2 atom stereocenters. The van der Waals surface area contributed by atoms with Crippen molar-refractivity contribution in [2.45, 2.75) is 18.1 Å². The molecule has 92 valence electrons. The van der Waals surface area contributed by atoms with Crippen LogP contribution in [0.5, 0.6) is 0 Å². The minimum atomic E-state index is -2.52. The van der Waals surface area contributed by atoms with Gasteiger partial charge in [0, 0.05) is 6.42 Å². The first-order chi connectivity index (χ1) is 7.88. The van der Waals surface area contributed by atoms with Crippen molar-refractivity contribution in [1.29, 1.82) is 0 Å². The molecule has 1 rings (SSSR count). The zero-order valence-electron chi connectivity index (χ0n) is 8.91. The topological polar surface area (TPSA) is 121 Å². The Bertz CT molecular complexity index is 419. The molecule has 0 aliphatic heterocycles. The van der Waals surface area contributed by atoms with E-state index in [1.165, 1.54) is 0 Å². The highest BCUT2D eigenvalue weighted by Gasteiger charge is 2.46. The fourth-order valence-electron chi connectivity index (χ4n) is 1.43. The Morgan fingerprint density at radius 2 is 1.76 bits per heavy atom. The molecule has 1 aromatic rings. The van der Waals surface area contributed by atoms with E-state index in [1.807, 2.05) is 0 Å². The molecule has 1 aromatic carbocycles. The van der Waals surface area contributed by atoms with Crippen LogP contribution in [0.3, 0.4) is 0 Å². The summed E-state index contributed by atoms with van der Waals surface area (Å²) in [6.45, 7) is 0. The summed E-state index contributed by atoms with van der Waals surface area (Å²) >= 11 is 0. The number of carboxylic acids is 2. The van der Waals surface area contributed by atoms with Gasteiger partial charge in [-0.1, -0.05) is 30.3 Å². The Balaban J connectivity index is 3.02. The lowest BCUT2D eigenvalue weighted by molar-refractivity contribution is -0.167. The van der Waals surface area contributed by atoms with Crippen molar-refractivity contribution in [2.24, 2.45) is 5.73 Å². The summed E-state index contributed by atoms with van der Waals surface area (Å²) in [5.74, 6) is -3.22. The van der Waals surface area contributed by atoms with Gasteiger partial charge in [-0.05, 0) is 5.56 Å².